The summed E-state index contributed by atoms with van der Waals surface area (Å²) in [6.45, 7) is 6.81. The fourth-order valence-corrected chi connectivity index (χ4v) is 3.65. The number of amides is 1. The molecule has 0 N–H and O–H groups in total. The molecule has 152 valence electrons. The van der Waals surface area contributed by atoms with Gasteiger partial charge in [0.05, 0.1) is 6.61 Å². The first-order valence-corrected chi connectivity index (χ1v) is 9.81. The smallest absolute Gasteiger partial charge is 0.429 e. The average Bonchev–Trinajstić information content (AvgIpc) is 2.93. The van der Waals surface area contributed by atoms with Crippen LogP contribution in [0, 0.1) is 18.3 Å². The minimum atomic E-state index is -0.649. The lowest BCUT2D eigenvalue weighted by Gasteiger charge is -2.27. The van der Waals surface area contributed by atoms with Gasteiger partial charge < -0.3 is 9.64 Å². The van der Waals surface area contributed by atoms with Gasteiger partial charge >= 0.3 is 6.09 Å². The molecule has 0 atom stereocenters. The van der Waals surface area contributed by atoms with Gasteiger partial charge in [0.15, 0.2) is 11.4 Å². The molecule has 2 heterocycles. The van der Waals surface area contributed by atoms with Crippen molar-refractivity contribution in [2.24, 2.45) is 0 Å². The fraction of sp³-hybridized carbons (Fsp3) is 0.429. The molecule has 1 amide bonds. The monoisotopic (exact) mass is 395 g/mol. The molecule has 0 aliphatic carbocycles. The molecule has 1 aromatic heterocycles. The maximum absolute atomic E-state index is 13.1. The molecular formula is C21H25N5O3. The van der Waals surface area contributed by atoms with Gasteiger partial charge in [-0.1, -0.05) is 24.3 Å². The van der Waals surface area contributed by atoms with E-state index in [1.165, 1.54) is 11.1 Å². The van der Waals surface area contributed by atoms with Crippen molar-refractivity contribution >= 4 is 11.9 Å². The van der Waals surface area contributed by atoms with E-state index in [-0.39, 0.29) is 18.7 Å². The predicted molar refractivity (Wildman–Crippen MR) is 110 cm³/mol. The standard InChI is InChI=1S/C21H25N5O3/c1-4-25(21(28)29-5-2)26-15(3)23-19(18(14-22)20(26)27)24-12-10-16-8-6-7-9-17(16)11-13-24/h6-9H,4-5,10-13H2,1-3H3. The Morgan fingerprint density at radius 1 is 1.24 bits per heavy atom. The Labute approximate surface area is 169 Å². The van der Waals surface area contributed by atoms with E-state index in [9.17, 15) is 14.9 Å². The van der Waals surface area contributed by atoms with Gasteiger partial charge in [-0.25, -0.2) is 14.8 Å². The zero-order valence-corrected chi connectivity index (χ0v) is 17.0. The average molecular weight is 395 g/mol. The predicted octanol–water partition coefficient (Wildman–Crippen LogP) is 2.14. The maximum Gasteiger partial charge on any atom is 0.429 e. The van der Waals surface area contributed by atoms with E-state index in [4.69, 9.17) is 4.74 Å². The van der Waals surface area contributed by atoms with Crippen LogP contribution in [0.5, 0.6) is 0 Å². The first-order chi connectivity index (χ1) is 14.0. The van der Waals surface area contributed by atoms with Gasteiger partial charge in [-0.2, -0.15) is 9.94 Å². The highest BCUT2D eigenvalue weighted by Crippen LogP contribution is 2.21. The molecule has 0 bridgehead atoms. The van der Waals surface area contributed by atoms with E-state index >= 15 is 0 Å². The molecule has 0 radical (unpaired) electrons. The molecule has 8 nitrogen and oxygen atoms in total. The summed E-state index contributed by atoms with van der Waals surface area (Å²) in [6.07, 6.45) is 0.979. The molecule has 8 heteroatoms. The van der Waals surface area contributed by atoms with Crippen LogP contribution in [0.1, 0.15) is 36.4 Å². The molecule has 3 rings (SSSR count). The molecule has 0 fully saturated rings. The molecule has 0 saturated heterocycles. The summed E-state index contributed by atoms with van der Waals surface area (Å²) in [5.74, 6) is 0.708. The Balaban J connectivity index is 2.01. The van der Waals surface area contributed by atoms with E-state index in [1.807, 2.05) is 23.1 Å². The van der Waals surface area contributed by atoms with Gasteiger partial charge in [0.25, 0.3) is 5.56 Å². The number of ether oxygens (including phenoxy) is 1. The van der Waals surface area contributed by atoms with Gasteiger partial charge in [0.1, 0.15) is 11.9 Å². The van der Waals surface area contributed by atoms with Gasteiger partial charge in [-0.05, 0) is 44.7 Å². The Morgan fingerprint density at radius 2 is 1.86 bits per heavy atom. The van der Waals surface area contributed by atoms with E-state index in [0.717, 1.165) is 22.5 Å². The van der Waals surface area contributed by atoms with Gasteiger partial charge in [-0.3, -0.25) is 4.79 Å². The summed E-state index contributed by atoms with van der Waals surface area (Å²) in [5.41, 5.74) is 1.92. The zero-order valence-electron chi connectivity index (χ0n) is 17.0. The number of carbonyl (C=O) groups is 1. The summed E-state index contributed by atoms with van der Waals surface area (Å²) < 4.78 is 6.17. The number of carbonyl (C=O) groups excluding carboxylic acids is 1. The van der Waals surface area contributed by atoms with Gasteiger partial charge in [0.2, 0.25) is 0 Å². The quantitative estimate of drug-likeness (QED) is 0.788. The van der Waals surface area contributed by atoms with Crippen molar-refractivity contribution in [3.8, 4) is 6.07 Å². The first-order valence-electron chi connectivity index (χ1n) is 9.81. The number of nitrogens with zero attached hydrogens (tertiary/aromatic N) is 5. The van der Waals surface area contributed by atoms with Crippen LogP contribution < -0.4 is 15.5 Å². The highest BCUT2D eigenvalue weighted by Gasteiger charge is 2.26. The lowest BCUT2D eigenvalue weighted by Crippen LogP contribution is -2.49. The number of hydrogen-bond donors (Lipinski definition) is 0. The highest BCUT2D eigenvalue weighted by atomic mass is 16.6. The number of nitriles is 1. The molecule has 0 spiro atoms. The minimum Gasteiger partial charge on any atom is -0.448 e. The molecular weight excluding hydrogens is 370 g/mol. The Bertz CT molecular complexity index is 981. The number of rotatable bonds is 4. The molecule has 1 aromatic carbocycles. The van der Waals surface area contributed by atoms with Gasteiger partial charge in [0, 0.05) is 19.6 Å². The number of fused-ring (bicyclic) bond motifs is 1. The van der Waals surface area contributed by atoms with Crippen molar-refractivity contribution in [1.29, 1.82) is 5.26 Å². The van der Waals surface area contributed by atoms with Crippen molar-refractivity contribution in [3.05, 3.63) is 57.1 Å². The number of aromatic nitrogens is 2. The van der Waals surface area contributed by atoms with Crippen LogP contribution in [0.2, 0.25) is 0 Å². The van der Waals surface area contributed by atoms with Crippen LogP contribution >= 0.6 is 0 Å². The van der Waals surface area contributed by atoms with Gasteiger partial charge in [-0.15, -0.1) is 0 Å². The lowest BCUT2D eigenvalue weighted by molar-refractivity contribution is 0.152. The largest absolute Gasteiger partial charge is 0.448 e. The molecule has 1 aliphatic heterocycles. The molecule has 0 unspecified atom stereocenters. The third-order valence-electron chi connectivity index (χ3n) is 5.06. The molecule has 2 aromatic rings. The van der Waals surface area contributed by atoms with E-state index in [1.54, 1.807) is 20.8 Å². The second-order valence-corrected chi connectivity index (χ2v) is 6.76. The Kier molecular flexibility index (Phi) is 6.17. The third-order valence-corrected chi connectivity index (χ3v) is 5.06. The number of anilines is 1. The van der Waals surface area contributed by atoms with Crippen LogP contribution in [-0.4, -0.2) is 42.0 Å². The normalized spacial score (nSPS) is 13.2. The zero-order chi connectivity index (χ0) is 21.0. The molecule has 1 aliphatic rings. The fourth-order valence-electron chi connectivity index (χ4n) is 3.65. The summed E-state index contributed by atoms with van der Waals surface area (Å²) >= 11 is 0. The van der Waals surface area contributed by atoms with E-state index in [0.29, 0.717) is 24.7 Å². The summed E-state index contributed by atoms with van der Waals surface area (Å²) in [6, 6.07) is 10.3. The second kappa shape index (κ2) is 8.78. The Morgan fingerprint density at radius 3 is 2.38 bits per heavy atom. The molecule has 0 saturated carbocycles. The summed E-state index contributed by atoms with van der Waals surface area (Å²) in [5, 5.41) is 10.9. The molecule has 29 heavy (non-hydrogen) atoms. The van der Waals surface area contributed by atoms with Crippen molar-refractivity contribution < 1.29 is 9.53 Å². The highest BCUT2D eigenvalue weighted by molar-refractivity contribution is 5.78. The first kappa shape index (κ1) is 20.4. The maximum atomic E-state index is 13.1. The van der Waals surface area contributed by atoms with Crippen LogP contribution in [-0.2, 0) is 17.6 Å². The van der Waals surface area contributed by atoms with Crippen LogP contribution in [0.4, 0.5) is 10.6 Å². The summed E-state index contributed by atoms with van der Waals surface area (Å²) in [7, 11) is 0. The number of benzene rings is 1. The van der Waals surface area contributed by atoms with Crippen molar-refractivity contribution in [3.63, 3.8) is 0 Å². The van der Waals surface area contributed by atoms with E-state index < -0.39 is 11.7 Å². The second-order valence-electron chi connectivity index (χ2n) is 6.76. The Hall–Kier alpha value is -3.34. The minimum absolute atomic E-state index is 0.0655. The third kappa shape index (κ3) is 3.94. The van der Waals surface area contributed by atoms with Crippen molar-refractivity contribution in [2.75, 3.05) is 36.1 Å². The number of aryl methyl sites for hydroxylation is 1. The topological polar surface area (TPSA) is 91.5 Å². The summed E-state index contributed by atoms with van der Waals surface area (Å²) in [4.78, 5) is 31.9. The van der Waals surface area contributed by atoms with Crippen LogP contribution in [0.3, 0.4) is 0 Å². The number of hydrogen-bond acceptors (Lipinski definition) is 6. The van der Waals surface area contributed by atoms with Crippen LogP contribution in [0.25, 0.3) is 0 Å². The van der Waals surface area contributed by atoms with E-state index in [2.05, 4.69) is 17.1 Å². The lowest BCUT2D eigenvalue weighted by atomic mass is 10.0. The SMILES string of the molecule is CCOC(=O)N(CC)n1c(C)nc(N2CCc3ccccc3CC2)c(C#N)c1=O. The van der Waals surface area contributed by atoms with Crippen molar-refractivity contribution in [2.45, 2.75) is 33.6 Å². The van der Waals surface area contributed by atoms with Crippen molar-refractivity contribution in [1.82, 2.24) is 9.66 Å². The van der Waals surface area contributed by atoms with Crippen LogP contribution in [0.15, 0.2) is 29.1 Å².